The molecule has 0 aliphatic carbocycles. The molecule has 0 radical (unpaired) electrons. The maximum Gasteiger partial charge on any atom is 0.143 e. The monoisotopic (exact) mass is 282 g/mol. The minimum atomic E-state index is 0.360. The van der Waals surface area contributed by atoms with Gasteiger partial charge in [-0.15, -0.1) is 5.10 Å². The van der Waals surface area contributed by atoms with Gasteiger partial charge in [-0.05, 0) is 25.2 Å². The van der Waals surface area contributed by atoms with E-state index in [9.17, 15) is 0 Å². The molecule has 0 saturated heterocycles. The second-order valence-electron chi connectivity index (χ2n) is 5.47. The van der Waals surface area contributed by atoms with Crippen LogP contribution in [0.3, 0.4) is 0 Å². The van der Waals surface area contributed by atoms with E-state index in [2.05, 4.69) is 31.1 Å². The van der Waals surface area contributed by atoms with E-state index in [4.69, 9.17) is 18.0 Å². The molecule has 0 fully saturated rings. The van der Waals surface area contributed by atoms with Crippen molar-refractivity contribution < 1.29 is 0 Å². The number of unbranched alkanes of at least 4 members (excludes halogenated alkanes) is 3. The second kappa shape index (κ2) is 8.25. The molecule has 108 valence electrons. The summed E-state index contributed by atoms with van der Waals surface area (Å²) in [6, 6.07) is 0. The molecule has 2 N–H and O–H groups in total. The van der Waals surface area contributed by atoms with Crippen molar-refractivity contribution in [2.45, 2.75) is 65.8 Å². The highest BCUT2D eigenvalue weighted by atomic mass is 32.1. The molecule has 1 aromatic heterocycles. The van der Waals surface area contributed by atoms with E-state index in [0.717, 1.165) is 31.5 Å². The van der Waals surface area contributed by atoms with Crippen molar-refractivity contribution in [3.8, 4) is 0 Å². The number of aromatic nitrogens is 3. The lowest BCUT2D eigenvalue weighted by Crippen LogP contribution is -2.15. The first-order chi connectivity index (χ1) is 9.06. The van der Waals surface area contributed by atoms with Crippen molar-refractivity contribution >= 4 is 17.2 Å². The van der Waals surface area contributed by atoms with Crippen LogP contribution in [0, 0.1) is 5.92 Å². The van der Waals surface area contributed by atoms with E-state index < -0.39 is 0 Å². The van der Waals surface area contributed by atoms with Gasteiger partial charge in [-0.2, -0.15) is 0 Å². The Morgan fingerprint density at radius 3 is 2.63 bits per heavy atom. The van der Waals surface area contributed by atoms with Gasteiger partial charge in [0.1, 0.15) is 10.7 Å². The lowest BCUT2D eigenvalue weighted by molar-refractivity contribution is 0.496. The van der Waals surface area contributed by atoms with Crippen LogP contribution in [0.15, 0.2) is 0 Å². The molecule has 1 rings (SSSR count). The van der Waals surface area contributed by atoms with Gasteiger partial charge < -0.3 is 5.73 Å². The van der Waals surface area contributed by atoms with Gasteiger partial charge in [0, 0.05) is 6.54 Å². The van der Waals surface area contributed by atoms with E-state index in [1.54, 1.807) is 0 Å². The highest BCUT2D eigenvalue weighted by Gasteiger charge is 2.15. The zero-order valence-electron chi connectivity index (χ0n) is 12.4. The molecule has 0 saturated carbocycles. The molecule has 0 amide bonds. The molecule has 1 aromatic rings. The summed E-state index contributed by atoms with van der Waals surface area (Å²) in [5.74, 6) is 0.655. The van der Waals surface area contributed by atoms with E-state index in [-0.39, 0.29) is 0 Å². The molecule has 4 nitrogen and oxygen atoms in total. The molecule has 0 spiro atoms. The Kier molecular flexibility index (Phi) is 6.99. The van der Waals surface area contributed by atoms with E-state index in [0.29, 0.717) is 16.6 Å². The largest absolute Gasteiger partial charge is 0.388 e. The maximum absolute atomic E-state index is 5.73. The zero-order valence-corrected chi connectivity index (χ0v) is 13.2. The van der Waals surface area contributed by atoms with Gasteiger partial charge in [-0.25, -0.2) is 4.68 Å². The van der Waals surface area contributed by atoms with Gasteiger partial charge in [0.2, 0.25) is 0 Å². The summed E-state index contributed by atoms with van der Waals surface area (Å²) in [6.07, 6.45) is 6.96. The van der Waals surface area contributed by atoms with Crippen molar-refractivity contribution in [3.05, 3.63) is 11.4 Å². The first-order valence-corrected chi connectivity index (χ1v) is 7.69. The van der Waals surface area contributed by atoms with Crippen LogP contribution >= 0.6 is 12.2 Å². The zero-order chi connectivity index (χ0) is 14.3. The Labute approximate surface area is 121 Å². The van der Waals surface area contributed by atoms with Gasteiger partial charge in [0.15, 0.2) is 0 Å². The van der Waals surface area contributed by atoms with Crippen molar-refractivity contribution in [1.29, 1.82) is 0 Å². The van der Waals surface area contributed by atoms with Gasteiger partial charge in [0.05, 0.1) is 5.69 Å². The number of rotatable bonds is 9. The number of thiocarbonyl (C=S) groups is 1. The molecule has 0 aliphatic heterocycles. The van der Waals surface area contributed by atoms with Crippen LogP contribution in [0.2, 0.25) is 0 Å². The van der Waals surface area contributed by atoms with E-state index >= 15 is 0 Å². The maximum atomic E-state index is 5.73. The van der Waals surface area contributed by atoms with Crippen molar-refractivity contribution in [2.24, 2.45) is 11.7 Å². The number of nitrogens with zero attached hydrogens (tertiary/aromatic N) is 3. The summed E-state index contributed by atoms with van der Waals surface area (Å²) in [4.78, 5) is 0.360. The molecule has 0 bridgehead atoms. The third-order valence-electron chi connectivity index (χ3n) is 3.25. The summed E-state index contributed by atoms with van der Waals surface area (Å²) in [7, 11) is 0. The number of nitrogens with two attached hydrogens (primary N) is 1. The standard InChI is InChI=1S/C14H26N4S/c1-4-5-6-7-10-18-12(9-8-11(2)3)13(14(15)19)16-17-18/h11H,4-10H2,1-3H3,(H2,15,19). The number of aryl methyl sites for hydroxylation is 1. The van der Waals surface area contributed by atoms with Crippen molar-refractivity contribution in [2.75, 3.05) is 0 Å². The first-order valence-electron chi connectivity index (χ1n) is 7.28. The normalized spacial score (nSPS) is 11.2. The van der Waals surface area contributed by atoms with Gasteiger partial charge in [0.25, 0.3) is 0 Å². The Bertz CT molecular complexity index is 398. The van der Waals surface area contributed by atoms with Gasteiger partial charge in [-0.1, -0.05) is 57.5 Å². The fraction of sp³-hybridized carbons (Fsp3) is 0.786. The molecule has 5 heteroatoms. The summed E-state index contributed by atoms with van der Waals surface area (Å²) in [5.41, 5.74) is 7.55. The quantitative estimate of drug-likeness (QED) is 0.558. The molecule has 0 aliphatic rings. The molecule has 0 atom stereocenters. The Hall–Kier alpha value is -0.970. The second-order valence-corrected chi connectivity index (χ2v) is 5.91. The Morgan fingerprint density at radius 2 is 2.05 bits per heavy atom. The van der Waals surface area contributed by atoms with Crippen LogP contribution in [-0.2, 0) is 13.0 Å². The smallest absolute Gasteiger partial charge is 0.143 e. The average Bonchev–Trinajstić information content (AvgIpc) is 2.75. The molecule has 0 unspecified atom stereocenters. The summed E-state index contributed by atoms with van der Waals surface area (Å²) >= 11 is 5.06. The molecular weight excluding hydrogens is 256 g/mol. The van der Waals surface area contributed by atoms with Crippen molar-refractivity contribution in [3.63, 3.8) is 0 Å². The predicted molar refractivity (Wildman–Crippen MR) is 83.2 cm³/mol. The molecular formula is C14H26N4S. The van der Waals surface area contributed by atoms with Gasteiger partial charge >= 0.3 is 0 Å². The molecule has 19 heavy (non-hydrogen) atoms. The van der Waals surface area contributed by atoms with Gasteiger partial charge in [-0.3, -0.25) is 0 Å². The molecule has 1 heterocycles. The van der Waals surface area contributed by atoms with Crippen LogP contribution in [0.4, 0.5) is 0 Å². The van der Waals surface area contributed by atoms with Crippen LogP contribution in [0.25, 0.3) is 0 Å². The Morgan fingerprint density at radius 1 is 1.32 bits per heavy atom. The fourth-order valence-electron chi connectivity index (χ4n) is 2.07. The highest BCUT2D eigenvalue weighted by molar-refractivity contribution is 7.80. The van der Waals surface area contributed by atoms with Crippen molar-refractivity contribution in [1.82, 2.24) is 15.0 Å². The summed E-state index contributed by atoms with van der Waals surface area (Å²) in [5, 5.41) is 8.35. The first kappa shape index (κ1) is 16.1. The topological polar surface area (TPSA) is 56.7 Å². The minimum Gasteiger partial charge on any atom is -0.388 e. The lowest BCUT2D eigenvalue weighted by Gasteiger charge is -2.09. The average molecular weight is 282 g/mol. The van der Waals surface area contributed by atoms with E-state index in [1.165, 1.54) is 19.3 Å². The van der Waals surface area contributed by atoms with Crippen LogP contribution in [-0.4, -0.2) is 20.0 Å². The van der Waals surface area contributed by atoms with E-state index in [1.807, 2.05) is 4.68 Å². The lowest BCUT2D eigenvalue weighted by atomic mass is 10.1. The molecule has 0 aromatic carbocycles. The summed E-state index contributed by atoms with van der Waals surface area (Å²) < 4.78 is 1.99. The summed E-state index contributed by atoms with van der Waals surface area (Å²) in [6.45, 7) is 7.57. The SMILES string of the molecule is CCCCCCn1nnc(C(N)=S)c1CCC(C)C. The number of hydrogen-bond donors (Lipinski definition) is 1. The highest BCUT2D eigenvalue weighted by Crippen LogP contribution is 2.13. The van der Waals surface area contributed by atoms with Crippen LogP contribution < -0.4 is 5.73 Å². The number of hydrogen-bond acceptors (Lipinski definition) is 3. The van der Waals surface area contributed by atoms with Crippen LogP contribution in [0.1, 0.15) is 64.3 Å². The fourth-order valence-corrected chi connectivity index (χ4v) is 2.22. The third-order valence-corrected chi connectivity index (χ3v) is 3.45. The third kappa shape index (κ3) is 5.27. The predicted octanol–water partition coefficient (Wildman–Crippen LogP) is 3.08. The minimum absolute atomic E-state index is 0.360. The van der Waals surface area contributed by atoms with Crippen LogP contribution in [0.5, 0.6) is 0 Å². The Balaban J connectivity index is 2.70.